The van der Waals surface area contributed by atoms with Crippen molar-refractivity contribution in [1.29, 1.82) is 5.26 Å². The Morgan fingerprint density at radius 2 is 1.82 bits per heavy atom. The standard InChI is InChI=1S/C22H15ClN4O/c1-14-2-8-18-19(10-11-25-22(18)26-14)27-20-12-16(23)5-9-21(20)28-17-6-3-15(13-24)4-7-17/h2-12H,1H3,(H,25,26,27). The van der Waals surface area contributed by atoms with Crippen molar-refractivity contribution in [2.45, 2.75) is 6.92 Å². The van der Waals surface area contributed by atoms with Crippen molar-refractivity contribution in [3.63, 3.8) is 0 Å². The second-order valence-electron chi connectivity index (χ2n) is 6.19. The minimum absolute atomic E-state index is 0.577. The van der Waals surface area contributed by atoms with Gasteiger partial charge in [0, 0.05) is 22.3 Å². The number of hydrogen-bond acceptors (Lipinski definition) is 5. The van der Waals surface area contributed by atoms with E-state index in [1.54, 1.807) is 48.7 Å². The number of rotatable bonds is 4. The van der Waals surface area contributed by atoms with E-state index in [1.807, 2.05) is 25.1 Å². The zero-order valence-electron chi connectivity index (χ0n) is 15.0. The fourth-order valence-electron chi connectivity index (χ4n) is 2.79. The summed E-state index contributed by atoms with van der Waals surface area (Å²) >= 11 is 6.21. The summed E-state index contributed by atoms with van der Waals surface area (Å²) in [5, 5.41) is 13.8. The van der Waals surface area contributed by atoms with Crippen molar-refractivity contribution in [3.8, 4) is 17.6 Å². The monoisotopic (exact) mass is 386 g/mol. The first-order valence-electron chi connectivity index (χ1n) is 8.59. The zero-order chi connectivity index (χ0) is 19.5. The fourth-order valence-corrected chi connectivity index (χ4v) is 2.96. The molecule has 5 nitrogen and oxygen atoms in total. The number of anilines is 2. The highest BCUT2D eigenvalue weighted by atomic mass is 35.5. The molecular weight excluding hydrogens is 372 g/mol. The molecule has 0 aliphatic rings. The van der Waals surface area contributed by atoms with E-state index >= 15 is 0 Å². The first kappa shape index (κ1) is 17.8. The number of ether oxygens (including phenoxy) is 1. The van der Waals surface area contributed by atoms with Crippen molar-refractivity contribution in [1.82, 2.24) is 9.97 Å². The molecule has 6 heteroatoms. The second kappa shape index (κ2) is 7.55. The Labute approximate surface area is 167 Å². The molecule has 2 aromatic carbocycles. The van der Waals surface area contributed by atoms with Gasteiger partial charge in [0.2, 0.25) is 0 Å². The number of aromatic nitrogens is 2. The van der Waals surface area contributed by atoms with E-state index in [1.165, 1.54) is 0 Å². The van der Waals surface area contributed by atoms with Crippen LogP contribution in [0.2, 0.25) is 5.02 Å². The van der Waals surface area contributed by atoms with E-state index in [9.17, 15) is 0 Å². The van der Waals surface area contributed by atoms with Gasteiger partial charge in [-0.05, 0) is 67.6 Å². The first-order chi connectivity index (χ1) is 13.6. The van der Waals surface area contributed by atoms with E-state index in [2.05, 4.69) is 21.4 Å². The third kappa shape index (κ3) is 3.73. The molecule has 0 aliphatic carbocycles. The van der Waals surface area contributed by atoms with Gasteiger partial charge in [-0.25, -0.2) is 9.97 Å². The lowest BCUT2D eigenvalue weighted by Gasteiger charge is -2.15. The van der Waals surface area contributed by atoms with E-state index in [4.69, 9.17) is 21.6 Å². The van der Waals surface area contributed by atoms with E-state index in [0.717, 1.165) is 16.8 Å². The predicted octanol–water partition coefficient (Wildman–Crippen LogP) is 6.00. The largest absolute Gasteiger partial charge is 0.455 e. The van der Waals surface area contributed by atoms with Gasteiger partial charge >= 0.3 is 0 Å². The van der Waals surface area contributed by atoms with Crippen LogP contribution in [0.5, 0.6) is 11.5 Å². The van der Waals surface area contributed by atoms with Gasteiger partial charge in [-0.15, -0.1) is 0 Å². The normalized spacial score (nSPS) is 10.5. The first-order valence-corrected chi connectivity index (χ1v) is 8.97. The Balaban J connectivity index is 1.70. The molecule has 2 aromatic heterocycles. The third-order valence-corrected chi connectivity index (χ3v) is 4.40. The maximum atomic E-state index is 8.93. The van der Waals surface area contributed by atoms with E-state index < -0.39 is 0 Å². The predicted molar refractivity (Wildman–Crippen MR) is 110 cm³/mol. The van der Waals surface area contributed by atoms with Crippen LogP contribution in [0.15, 0.2) is 66.9 Å². The van der Waals surface area contributed by atoms with Gasteiger partial charge in [-0.2, -0.15) is 5.26 Å². The summed E-state index contributed by atoms with van der Waals surface area (Å²) < 4.78 is 6.01. The smallest absolute Gasteiger partial charge is 0.161 e. The maximum absolute atomic E-state index is 8.93. The molecule has 0 radical (unpaired) electrons. The third-order valence-electron chi connectivity index (χ3n) is 4.16. The SMILES string of the molecule is Cc1ccc2c(Nc3cc(Cl)ccc3Oc3ccc(C#N)cc3)ccnc2n1. The Bertz CT molecular complexity index is 1200. The number of aryl methyl sites for hydroxylation is 1. The molecule has 0 saturated carbocycles. The average molecular weight is 387 g/mol. The number of pyridine rings is 2. The lowest BCUT2D eigenvalue weighted by atomic mass is 10.2. The van der Waals surface area contributed by atoms with E-state index in [0.29, 0.717) is 33.4 Å². The number of nitrogens with one attached hydrogen (secondary N) is 1. The molecule has 0 saturated heterocycles. The number of benzene rings is 2. The highest BCUT2D eigenvalue weighted by Crippen LogP contribution is 2.35. The highest BCUT2D eigenvalue weighted by Gasteiger charge is 2.10. The Morgan fingerprint density at radius 1 is 1.00 bits per heavy atom. The number of hydrogen-bond donors (Lipinski definition) is 1. The molecule has 136 valence electrons. The quantitative estimate of drug-likeness (QED) is 0.465. The minimum Gasteiger partial charge on any atom is -0.455 e. The summed E-state index contributed by atoms with van der Waals surface area (Å²) in [4.78, 5) is 8.80. The van der Waals surface area contributed by atoms with Gasteiger partial charge in [-0.1, -0.05) is 11.6 Å². The van der Waals surface area contributed by atoms with Crippen molar-refractivity contribution in [2.24, 2.45) is 0 Å². The van der Waals surface area contributed by atoms with Gasteiger partial charge in [0.15, 0.2) is 11.4 Å². The fraction of sp³-hybridized carbons (Fsp3) is 0.0455. The van der Waals surface area contributed by atoms with Crippen LogP contribution in [0.1, 0.15) is 11.3 Å². The molecule has 0 unspecified atom stereocenters. The van der Waals surface area contributed by atoms with Gasteiger partial charge in [0.1, 0.15) is 5.75 Å². The van der Waals surface area contributed by atoms with Gasteiger partial charge in [-0.3, -0.25) is 0 Å². The Morgan fingerprint density at radius 3 is 2.61 bits per heavy atom. The molecule has 4 aromatic rings. The summed E-state index contributed by atoms with van der Waals surface area (Å²) in [5.74, 6) is 1.24. The van der Waals surface area contributed by atoms with Crippen molar-refractivity contribution in [3.05, 3.63) is 83.1 Å². The molecule has 1 N–H and O–H groups in total. The van der Waals surface area contributed by atoms with Crippen LogP contribution < -0.4 is 10.1 Å². The van der Waals surface area contributed by atoms with Crippen molar-refractivity contribution >= 4 is 34.0 Å². The van der Waals surface area contributed by atoms with Crippen LogP contribution in [-0.4, -0.2) is 9.97 Å². The second-order valence-corrected chi connectivity index (χ2v) is 6.62. The number of fused-ring (bicyclic) bond motifs is 1. The Hall–Kier alpha value is -3.62. The Kier molecular flexibility index (Phi) is 4.79. The highest BCUT2D eigenvalue weighted by molar-refractivity contribution is 6.31. The lowest BCUT2D eigenvalue weighted by Crippen LogP contribution is -1.97. The summed E-state index contributed by atoms with van der Waals surface area (Å²) in [5.41, 5.74) is 3.72. The molecule has 2 heterocycles. The molecular formula is C22H15ClN4O. The maximum Gasteiger partial charge on any atom is 0.161 e. The lowest BCUT2D eigenvalue weighted by molar-refractivity contribution is 0.485. The average Bonchev–Trinajstić information content (AvgIpc) is 2.70. The van der Waals surface area contributed by atoms with Gasteiger partial charge < -0.3 is 10.1 Å². The zero-order valence-corrected chi connectivity index (χ0v) is 15.7. The molecule has 0 atom stereocenters. The number of nitriles is 1. The number of nitrogens with zero attached hydrogens (tertiary/aromatic N) is 3. The minimum atomic E-state index is 0.577. The van der Waals surface area contributed by atoms with Crippen LogP contribution in [-0.2, 0) is 0 Å². The van der Waals surface area contributed by atoms with Gasteiger partial charge in [0.05, 0.1) is 23.0 Å². The molecule has 0 amide bonds. The van der Waals surface area contributed by atoms with Crippen molar-refractivity contribution in [2.75, 3.05) is 5.32 Å². The molecule has 4 rings (SSSR count). The summed E-state index contributed by atoms with van der Waals surface area (Å²) in [6.45, 7) is 1.93. The van der Waals surface area contributed by atoms with Crippen molar-refractivity contribution < 1.29 is 4.74 Å². The summed E-state index contributed by atoms with van der Waals surface area (Å²) in [6.07, 6.45) is 1.71. The molecule has 28 heavy (non-hydrogen) atoms. The van der Waals surface area contributed by atoms with Crippen LogP contribution in [0.3, 0.4) is 0 Å². The van der Waals surface area contributed by atoms with E-state index in [-0.39, 0.29) is 0 Å². The van der Waals surface area contributed by atoms with Crippen LogP contribution in [0.25, 0.3) is 11.0 Å². The summed E-state index contributed by atoms with van der Waals surface area (Å²) in [6, 6.07) is 20.2. The molecule has 0 fully saturated rings. The molecule has 0 spiro atoms. The molecule has 0 bridgehead atoms. The van der Waals surface area contributed by atoms with Crippen LogP contribution >= 0.6 is 11.6 Å². The van der Waals surface area contributed by atoms with Gasteiger partial charge in [0.25, 0.3) is 0 Å². The molecule has 0 aliphatic heterocycles. The van der Waals surface area contributed by atoms with Crippen LogP contribution in [0, 0.1) is 18.3 Å². The van der Waals surface area contributed by atoms with Crippen LogP contribution in [0.4, 0.5) is 11.4 Å². The summed E-state index contributed by atoms with van der Waals surface area (Å²) in [7, 11) is 0. The topological polar surface area (TPSA) is 70.8 Å². The number of halogens is 1.